The molecule has 0 aliphatic heterocycles. The fourth-order valence-corrected chi connectivity index (χ4v) is 21.3. The molecule has 6 heterocycles. The van der Waals surface area contributed by atoms with Crippen LogP contribution < -0.4 is 0 Å². The van der Waals surface area contributed by atoms with E-state index in [9.17, 15) is 14.4 Å². The summed E-state index contributed by atoms with van der Waals surface area (Å²) < 4.78 is 20.1. The summed E-state index contributed by atoms with van der Waals surface area (Å²) in [6, 6.07) is 104. The van der Waals surface area contributed by atoms with E-state index in [1.807, 2.05) is 128 Å². The van der Waals surface area contributed by atoms with Crippen LogP contribution in [0.2, 0.25) is 0 Å². The minimum Gasteiger partial charge on any atom is -0.501 e. The van der Waals surface area contributed by atoms with E-state index in [0.717, 1.165) is 236 Å². The van der Waals surface area contributed by atoms with E-state index in [1.54, 1.807) is 0 Å². The summed E-state index contributed by atoms with van der Waals surface area (Å²) in [7, 11) is 0. The maximum Gasteiger partial charge on any atom is 3.00 e. The molecule has 133 heavy (non-hydrogen) atoms. The number of furan rings is 3. The summed E-state index contributed by atoms with van der Waals surface area (Å²) in [5.41, 5.74) is 48.5. The monoisotopic (exact) mass is 1900 g/mol. The standard InChI is InChI=1S/3C41H30NO2.Ir/c3*1-5-26-10-14-33(41-39(26)34-15-12-29(22-37(34)44-41)38-24(3)18-23(2)19-25(38)4)36-21-28(16-17-42-36)27-11-13-31-30-8-6-7-9-32(30)40(43)35(31)20-27;/h3*6-13,15-22H,5H2,1-4H3;/q3*-1;+3. The molecule has 0 radical (unpaired) electrons. The molecule has 0 N–H and O–H groups in total. The Kier molecular flexibility index (Phi) is 21.4. The van der Waals surface area contributed by atoms with Crippen molar-refractivity contribution in [2.75, 3.05) is 0 Å². The van der Waals surface area contributed by atoms with Gasteiger partial charge in [0.1, 0.15) is 16.7 Å². The van der Waals surface area contributed by atoms with Crippen molar-refractivity contribution in [3.05, 3.63) is 410 Å². The van der Waals surface area contributed by atoms with Crippen molar-refractivity contribution in [2.24, 2.45) is 0 Å². The van der Waals surface area contributed by atoms with Crippen molar-refractivity contribution >= 4 is 83.2 Å². The Labute approximate surface area is 786 Å². The maximum absolute atomic E-state index is 13.2. The van der Waals surface area contributed by atoms with Gasteiger partial charge in [-0.1, -0.05) is 290 Å². The van der Waals surface area contributed by atoms with E-state index < -0.39 is 0 Å². The smallest absolute Gasteiger partial charge is 0.501 e. The predicted octanol–water partition coefficient (Wildman–Crippen LogP) is 31.4. The summed E-state index contributed by atoms with van der Waals surface area (Å²) >= 11 is 0. The number of ketones is 3. The number of hydrogen-bond donors (Lipinski definition) is 0. The zero-order chi connectivity index (χ0) is 90.3. The number of nitrogens with zero attached hydrogens (tertiary/aromatic N) is 3. The maximum atomic E-state index is 13.2. The van der Waals surface area contributed by atoms with Crippen LogP contribution >= 0.6 is 0 Å². The molecule has 0 spiro atoms. The number of carbonyl (C=O) groups is 3. The van der Waals surface area contributed by atoms with Crippen LogP contribution in [0.5, 0.6) is 0 Å². The predicted molar refractivity (Wildman–Crippen MR) is 537 cm³/mol. The van der Waals surface area contributed by atoms with E-state index in [-0.39, 0.29) is 37.5 Å². The van der Waals surface area contributed by atoms with E-state index in [0.29, 0.717) is 0 Å². The average Bonchev–Trinajstić information content (AvgIpc) is 1.57. The zero-order valence-electron chi connectivity index (χ0n) is 76.0. The van der Waals surface area contributed by atoms with Crippen LogP contribution in [0, 0.1) is 80.5 Å². The minimum absolute atomic E-state index is 0. The van der Waals surface area contributed by atoms with Gasteiger partial charge in [-0.25, -0.2) is 0 Å². The van der Waals surface area contributed by atoms with Gasteiger partial charge in [0.05, 0.1) is 16.7 Å². The van der Waals surface area contributed by atoms with Crippen molar-refractivity contribution in [1.82, 2.24) is 15.0 Å². The number of rotatable bonds is 12. The molecule has 0 saturated heterocycles. The second-order valence-electron chi connectivity index (χ2n) is 35.7. The molecule has 3 aliphatic carbocycles. The molecule has 0 unspecified atom stereocenters. The number of aryl methyl sites for hydroxylation is 12. The van der Waals surface area contributed by atoms with Crippen molar-refractivity contribution in [3.8, 4) is 134 Å². The summed E-state index contributed by atoms with van der Waals surface area (Å²) in [5.74, 6) is 0.235. The Balaban J connectivity index is 0.000000120. The number of benzene rings is 15. The Morgan fingerprint density at radius 3 is 0.759 bits per heavy atom. The van der Waals surface area contributed by atoms with Crippen LogP contribution in [-0.4, -0.2) is 32.3 Å². The van der Waals surface area contributed by atoms with E-state index in [4.69, 9.17) is 28.2 Å². The first kappa shape index (κ1) is 84.6. The molecule has 0 amide bonds. The first-order valence-electron chi connectivity index (χ1n) is 45.4. The topological polar surface area (TPSA) is 129 Å². The van der Waals surface area contributed by atoms with Crippen LogP contribution in [0.25, 0.3) is 200 Å². The molecular formula is C123H90IrN3O6. The third-order valence-electron chi connectivity index (χ3n) is 27.2. The van der Waals surface area contributed by atoms with Gasteiger partial charge in [0.15, 0.2) is 17.3 Å². The number of carbonyl (C=O) groups excluding carboxylic acids is 3. The molecular weight excluding hydrogens is 1810 g/mol. The molecule has 3 aliphatic rings. The van der Waals surface area contributed by atoms with Crippen LogP contribution in [0.4, 0.5) is 0 Å². The number of aromatic nitrogens is 3. The third-order valence-corrected chi connectivity index (χ3v) is 27.2. The number of fused-ring (bicyclic) bond motifs is 18. The van der Waals surface area contributed by atoms with Gasteiger partial charge in [0, 0.05) is 68.1 Å². The summed E-state index contributed by atoms with van der Waals surface area (Å²) in [4.78, 5) is 53.9. The summed E-state index contributed by atoms with van der Waals surface area (Å²) in [5, 5.41) is 6.66. The number of hydrogen-bond acceptors (Lipinski definition) is 9. The Morgan fingerprint density at radius 2 is 0.496 bits per heavy atom. The van der Waals surface area contributed by atoms with E-state index in [2.05, 4.69) is 265 Å². The zero-order valence-corrected chi connectivity index (χ0v) is 78.4. The molecule has 24 rings (SSSR count). The quantitative estimate of drug-likeness (QED) is 0.110. The van der Waals surface area contributed by atoms with Crippen molar-refractivity contribution in [3.63, 3.8) is 0 Å². The molecule has 0 bridgehead atoms. The minimum atomic E-state index is 0. The van der Waals surface area contributed by atoms with Gasteiger partial charge in [-0.2, -0.15) is 0 Å². The first-order valence-corrected chi connectivity index (χ1v) is 45.4. The molecule has 0 saturated carbocycles. The van der Waals surface area contributed by atoms with Crippen molar-refractivity contribution in [1.29, 1.82) is 0 Å². The molecule has 0 fully saturated rings. The first-order chi connectivity index (χ1) is 64.2. The summed E-state index contributed by atoms with van der Waals surface area (Å²) in [6.45, 7) is 26.0. The van der Waals surface area contributed by atoms with Gasteiger partial charge in [-0.05, 0) is 268 Å². The van der Waals surface area contributed by atoms with Crippen LogP contribution in [0.1, 0.15) is 135 Å². The van der Waals surface area contributed by atoms with Gasteiger partial charge in [-0.3, -0.25) is 14.4 Å². The normalized spacial score (nSPS) is 12.1. The van der Waals surface area contributed by atoms with E-state index in [1.165, 1.54) is 83.5 Å². The van der Waals surface area contributed by atoms with E-state index >= 15 is 0 Å². The largest absolute Gasteiger partial charge is 3.00 e. The van der Waals surface area contributed by atoms with Gasteiger partial charge >= 0.3 is 20.1 Å². The molecule has 10 heteroatoms. The van der Waals surface area contributed by atoms with Crippen molar-refractivity contribution < 1.29 is 47.7 Å². The Hall–Kier alpha value is -15.2. The van der Waals surface area contributed by atoms with Gasteiger partial charge in [0.25, 0.3) is 0 Å². The SMILES string of the molecule is CCc1c[c-]c(-c2cc(-c3ccc4c(c3)C(=O)c3ccccc3-4)ccn2)c2oc3cc(-c4c(C)cc(C)cc4C)ccc3c12.CCc1c[c-]c(-c2cc(-c3ccc4c(c3)C(=O)c3ccccc3-4)ccn2)c2oc3cc(-c4c(C)cc(C)cc4C)ccc3c12.CCc1c[c-]c(-c2cc(-c3ccc4c(c3)C(=O)c3ccccc3-4)ccn2)c2oc3cc(-c4c(C)cc(C)cc4C)ccc3c12.[Ir+3]. The molecule has 642 valence electrons. The molecule has 15 aromatic carbocycles. The van der Waals surface area contributed by atoms with Gasteiger partial charge < -0.3 is 28.2 Å². The number of pyridine rings is 3. The summed E-state index contributed by atoms with van der Waals surface area (Å²) in [6.07, 6.45) is 8.10. The molecule has 6 aromatic heterocycles. The Bertz CT molecular complexity index is 7690. The van der Waals surface area contributed by atoms with Gasteiger partial charge in [0.2, 0.25) is 0 Å². The van der Waals surface area contributed by atoms with Gasteiger partial charge in [-0.15, -0.1) is 53.1 Å². The van der Waals surface area contributed by atoms with Crippen LogP contribution in [-0.2, 0) is 39.4 Å². The third kappa shape index (κ3) is 14.4. The molecule has 21 aromatic rings. The molecule has 9 nitrogen and oxygen atoms in total. The average molecular weight is 1900 g/mol. The van der Waals surface area contributed by atoms with Crippen LogP contribution in [0.3, 0.4) is 0 Å². The Morgan fingerprint density at radius 1 is 0.256 bits per heavy atom. The molecule has 0 atom stereocenters. The second-order valence-corrected chi connectivity index (χ2v) is 35.7. The van der Waals surface area contributed by atoms with Crippen molar-refractivity contribution in [2.45, 2.75) is 102 Å². The second kappa shape index (κ2) is 33.6. The fourth-order valence-electron chi connectivity index (χ4n) is 21.3. The fraction of sp³-hybridized carbons (Fsp3) is 0.122. The van der Waals surface area contributed by atoms with Crippen LogP contribution in [0.15, 0.2) is 305 Å².